The van der Waals surface area contributed by atoms with Crippen molar-refractivity contribution in [2.45, 2.75) is 12.8 Å². The predicted octanol–water partition coefficient (Wildman–Crippen LogP) is 0.693. The Kier molecular flexibility index (Phi) is 9.48. The van der Waals surface area contributed by atoms with E-state index in [-0.39, 0.29) is 24.2 Å². The number of amides is 2. The number of benzene rings is 1. The van der Waals surface area contributed by atoms with Gasteiger partial charge >= 0.3 is 0 Å². The molecule has 0 aliphatic heterocycles. The maximum absolute atomic E-state index is 11.6. The van der Waals surface area contributed by atoms with Crippen molar-refractivity contribution in [2.24, 2.45) is 5.73 Å². The molecule has 5 nitrogen and oxygen atoms in total. The van der Waals surface area contributed by atoms with E-state index in [0.29, 0.717) is 38.0 Å². The van der Waals surface area contributed by atoms with Crippen molar-refractivity contribution in [3.05, 3.63) is 35.9 Å². The van der Waals surface area contributed by atoms with Crippen LogP contribution in [0, 0.1) is 0 Å². The van der Waals surface area contributed by atoms with Crippen LogP contribution in [-0.4, -0.2) is 31.4 Å². The lowest BCUT2D eigenvalue weighted by atomic mass is 10.2. The van der Waals surface area contributed by atoms with Crippen molar-refractivity contribution in [2.75, 3.05) is 19.6 Å². The van der Waals surface area contributed by atoms with Crippen molar-refractivity contribution in [3.8, 4) is 0 Å². The first-order valence-corrected chi connectivity index (χ1v) is 6.04. The average molecular weight is 286 g/mol. The monoisotopic (exact) mass is 285 g/mol. The molecule has 0 bridgehead atoms. The molecule has 1 aromatic rings. The van der Waals surface area contributed by atoms with Gasteiger partial charge in [0.2, 0.25) is 5.91 Å². The molecular formula is C13H20ClN3O2. The maximum atomic E-state index is 11.6. The number of nitrogens with one attached hydrogen (secondary N) is 2. The van der Waals surface area contributed by atoms with Crippen LogP contribution < -0.4 is 16.4 Å². The molecule has 0 aliphatic rings. The maximum Gasteiger partial charge on any atom is 0.251 e. The number of carbonyl (C=O) groups excluding carboxylic acids is 2. The van der Waals surface area contributed by atoms with E-state index in [9.17, 15) is 9.59 Å². The van der Waals surface area contributed by atoms with Crippen LogP contribution in [0.1, 0.15) is 23.2 Å². The highest BCUT2D eigenvalue weighted by molar-refractivity contribution is 5.94. The van der Waals surface area contributed by atoms with E-state index in [4.69, 9.17) is 5.73 Å². The van der Waals surface area contributed by atoms with Gasteiger partial charge in [-0.25, -0.2) is 0 Å². The molecule has 1 rings (SSSR count). The summed E-state index contributed by atoms with van der Waals surface area (Å²) in [6, 6.07) is 9.00. The third-order valence-corrected chi connectivity index (χ3v) is 2.37. The van der Waals surface area contributed by atoms with Crippen LogP contribution in [0.5, 0.6) is 0 Å². The van der Waals surface area contributed by atoms with Gasteiger partial charge in [0.1, 0.15) is 0 Å². The first kappa shape index (κ1) is 17.4. The molecule has 0 saturated heterocycles. The Morgan fingerprint density at radius 3 is 2.37 bits per heavy atom. The minimum absolute atomic E-state index is 0. The highest BCUT2D eigenvalue weighted by atomic mass is 35.5. The smallest absolute Gasteiger partial charge is 0.251 e. The number of hydrogen-bond acceptors (Lipinski definition) is 3. The van der Waals surface area contributed by atoms with Gasteiger partial charge in [0, 0.05) is 31.6 Å². The summed E-state index contributed by atoms with van der Waals surface area (Å²) in [5.74, 6) is -0.146. The summed E-state index contributed by atoms with van der Waals surface area (Å²) in [7, 11) is 0. The molecule has 0 heterocycles. The van der Waals surface area contributed by atoms with Crippen molar-refractivity contribution in [1.29, 1.82) is 0 Å². The molecule has 0 aromatic heterocycles. The topological polar surface area (TPSA) is 84.2 Å². The number of carbonyl (C=O) groups is 2. The Labute approximate surface area is 119 Å². The standard InChI is InChI=1S/C13H19N3O2.ClH/c14-8-10-15-12(17)7-4-9-16-13(18)11-5-2-1-3-6-11;/h1-3,5-6H,4,7-10,14H2,(H,15,17)(H,16,18);1H. The molecule has 6 heteroatoms. The average Bonchev–Trinajstić information content (AvgIpc) is 2.42. The van der Waals surface area contributed by atoms with Crippen LogP contribution in [0.2, 0.25) is 0 Å². The van der Waals surface area contributed by atoms with E-state index < -0.39 is 0 Å². The van der Waals surface area contributed by atoms with Crippen LogP contribution >= 0.6 is 12.4 Å². The van der Waals surface area contributed by atoms with Gasteiger partial charge in [0.15, 0.2) is 0 Å². The van der Waals surface area contributed by atoms with Crippen molar-refractivity contribution in [1.82, 2.24) is 10.6 Å². The fourth-order valence-electron chi connectivity index (χ4n) is 1.44. The van der Waals surface area contributed by atoms with Crippen molar-refractivity contribution in [3.63, 3.8) is 0 Å². The summed E-state index contributed by atoms with van der Waals surface area (Å²) in [6.45, 7) is 1.43. The third kappa shape index (κ3) is 7.43. The van der Waals surface area contributed by atoms with E-state index >= 15 is 0 Å². The minimum Gasteiger partial charge on any atom is -0.355 e. The number of halogens is 1. The van der Waals surface area contributed by atoms with Crippen LogP contribution in [0.4, 0.5) is 0 Å². The first-order chi connectivity index (χ1) is 8.74. The van der Waals surface area contributed by atoms with Crippen LogP contribution in [0.3, 0.4) is 0 Å². The molecular weight excluding hydrogens is 266 g/mol. The third-order valence-electron chi connectivity index (χ3n) is 2.37. The second-order valence-electron chi connectivity index (χ2n) is 3.86. The normalized spacial score (nSPS) is 9.32. The molecule has 4 N–H and O–H groups in total. The van der Waals surface area contributed by atoms with E-state index in [0.717, 1.165) is 0 Å². The summed E-state index contributed by atoms with van der Waals surface area (Å²) in [4.78, 5) is 22.9. The highest BCUT2D eigenvalue weighted by Gasteiger charge is 2.04. The molecule has 0 aliphatic carbocycles. The molecule has 2 amide bonds. The van der Waals surface area contributed by atoms with Gasteiger partial charge in [-0.2, -0.15) is 0 Å². The van der Waals surface area contributed by atoms with Gasteiger partial charge in [0.05, 0.1) is 0 Å². The van der Waals surface area contributed by atoms with Gasteiger partial charge in [0.25, 0.3) is 5.91 Å². The summed E-state index contributed by atoms with van der Waals surface area (Å²) in [5, 5.41) is 5.44. The Morgan fingerprint density at radius 1 is 1.05 bits per heavy atom. The molecule has 0 spiro atoms. The van der Waals surface area contributed by atoms with Crippen LogP contribution in [-0.2, 0) is 4.79 Å². The summed E-state index contributed by atoms with van der Waals surface area (Å²) < 4.78 is 0. The Balaban J connectivity index is 0.00000324. The lowest BCUT2D eigenvalue weighted by molar-refractivity contribution is -0.121. The zero-order valence-corrected chi connectivity index (χ0v) is 11.5. The van der Waals surface area contributed by atoms with Gasteiger partial charge in [-0.05, 0) is 18.6 Å². The first-order valence-electron chi connectivity index (χ1n) is 6.04. The lowest BCUT2D eigenvalue weighted by Gasteiger charge is -2.05. The second kappa shape index (κ2) is 10.3. The molecule has 1 aromatic carbocycles. The van der Waals surface area contributed by atoms with Crippen LogP contribution in [0.25, 0.3) is 0 Å². The van der Waals surface area contributed by atoms with Gasteiger partial charge in [-0.3, -0.25) is 9.59 Å². The predicted molar refractivity (Wildman–Crippen MR) is 77.3 cm³/mol. The summed E-state index contributed by atoms with van der Waals surface area (Å²) >= 11 is 0. The van der Waals surface area contributed by atoms with E-state index in [1.807, 2.05) is 18.2 Å². The molecule has 0 unspecified atom stereocenters. The molecule has 0 radical (unpaired) electrons. The van der Waals surface area contributed by atoms with Gasteiger partial charge in [-0.1, -0.05) is 18.2 Å². The minimum atomic E-state index is -0.113. The van der Waals surface area contributed by atoms with Crippen LogP contribution in [0.15, 0.2) is 30.3 Å². The largest absolute Gasteiger partial charge is 0.355 e. The molecule has 0 fully saturated rings. The zero-order valence-electron chi connectivity index (χ0n) is 10.7. The van der Waals surface area contributed by atoms with E-state index in [1.54, 1.807) is 12.1 Å². The van der Waals surface area contributed by atoms with Crippen molar-refractivity contribution < 1.29 is 9.59 Å². The Morgan fingerprint density at radius 2 is 1.74 bits per heavy atom. The van der Waals surface area contributed by atoms with E-state index in [2.05, 4.69) is 10.6 Å². The second-order valence-corrected chi connectivity index (χ2v) is 3.86. The molecule has 106 valence electrons. The Hall–Kier alpha value is -1.59. The fourth-order valence-corrected chi connectivity index (χ4v) is 1.44. The summed E-state index contributed by atoms with van der Waals surface area (Å²) in [5.41, 5.74) is 5.89. The van der Waals surface area contributed by atoms with Gasteiger partial charge in [-0.15, -0.1) is 12.4 Å². The lowest BCUT2D eigenvalue weighted by Crippen LogP contribution is -2.30. The number of nitrogens with two attached hydrogens (primary N) is 1. The Bertz CT molecular complexity index is 385. The SMILES string of the molecule is Cl.NCCNC(=O)CCCNC(=O)c1ccccc1. The molecule has 19 heavy (non-hydrogen) atoms. The molecule has 0 atom stereocenters. The fraction of sp³-hybridized carbons (Fsp3) is 0.385. The number of rotatable bonds is 7. The quantitative estimate of drug-likeness (QED) is 0.645. The van der Waals surface area contributed by atoms with E-state index in [1.165, 1.54) is 0 Å². The summed E-state index contributed by atoms with van der Waals surface area (Å²) in [6.07, 6.45) is 1.02. The number of hydrogen-bond donors (Lipinski definition) is 3. The highest BCUT2D eigenvalue weighted by Crippen LogP contribution is 1.98. The van der Waals surface area contributed by atoms with Gasteiger partial charge < -0.3 is 16.4 Å². The van der Waals surface area contributed by atoms with Crippen molar-refractivity contribution >= 4 is 24.2 Å². The zero-order chi connectivity index (χ0) is 13.2. The molecule has 0 saturated carbocycles.